The second-order valence-corrected chi connectivity index (χ2v) is 16.8. The number of fused-ring (bicyclic) bond motifs is 9. The lowest BCUT2D eigenvalue weighted by atomic mass is 9.82. The van der Waals surface area contributed by atoms with Crippen molar-refractivity contribution in [2.75, 3.05) is 4.90 Å². The summed E-state index contributed by atoms with van der Waals surface area (Å²) < 4.78 is 6.60. The summed E-state index contributed by atoms with van der Waals surface area (Å²) in [5.41, 5.74) is 17.1. The number of para-hydroxylation sites is 1. The molecule has 0 N–H and O–H groups in total. The largest absolute Gasteiger partial charge is 0.456 e. The lowest BCUT2D eigenvalue weighted by molar-refractivity contribution is 0.660. The van der Waals surface area contributed by atoms with E-state index in [1.54, 1.807) is 0 Å². The van der Waals surface area contributed by atoms with E-state index in [0.717, 1.165) is 50.1 Å². The first-order chi connectivity index (χ1) is 30.0. The molecule has 288 valence electrons. The average Bonchev–Trinajstić information content (AvgIpc) is 3.80. The highest BCUT2D eigenvalue weighted by molar-refractivity contribution is 6.11. The van der Waals surface area contributed by atoms with Gasteiger partial charge in [-0.25, -0.2) is 0 Å². The number of hydrogen-bond acceptors (Lipinski definition) is 2. The lowest BCUT2D eigenvalue weighted by Gasteiger charge is -2.31. The van der Waals surface area contributed by atoms with Gasteiger partial charge in [-0.15, -0.1) is 0 Å². The van der Waals surface area contributed by atoms with E-state index < -0.39 is 0 Å². The van der Waals surface area contributed by atoms with E-state index in [4.69, 9.17) is 4.42 Å². The third-order valence-electron chi connectivity index (χ3n) is 13.1. The summed E-state index contributed by atoms with van der Waals surface area (Å²) in [5, 5.41) is 7.17. The van der Waals surface area contributed by atoms with Gasteiger partial charge in [-0.3, -0.25) is 0 Å². The number of furan rings is 1. The maximum Gasteiger partial charge on any atom is 0.137 e. The molecule has 0 bridgehead atoms. The highest BCUT2D eigenvalue weighted by Gasteiger charge is 2.36. The van der Waals surface area contributed by atoms with Gasteiger partial charge in [0.1, 0.15) is 11.2 Å². The van der Waals surface area contributed by atoms with E-state index in [1.165, 1.54) is 66.1 Å². The van der Waals surface area contributed by atoms with E-state index >= 15 is 0 Å². The van der Waals surface area contributed by atoms with Crippen LogP contribution in [0.1, 0.15) is 25.0 Å². The molecule has 2 nitrogen and oxygen atoms in total. The van der Waals surface area contributed by atoms with E-state index in [9.17, 15) is 0 Å². The Morgan fingerprint density at radius 3 is 1.85 bits per heavy atom. The molecule has 1 aliphatic rings. The summed E-state index contributed by atoms with van der Waals surface area (Å²) in [7, 11) is 0. The first kappa shape index (κ1) is 35.3. The maximum absolute atomic E-state index is 6.60. The Bertz CT molecular complexity index is 3520. The normalized spacial score (nSPS) is 12.9. The maximum atomic E-state index is 6.60. The van der Waals surface area contributed by atoms with Gasteiger partial charge < -0.3 is 9.32 Å². The predicted octanol–water partition coefficient (Wildman–Crippen LogP) is 16.7. The van der Waals surface area contributed by atoms with Gasteiger partial charge in [0, 0.05) is 39.2 Å². The van der Waals surface area contributed by atoms with Crippen LogP contribution in [-0.2, 0) is 5.41 Å². The number of rotatable bonds is 6. The van der Waals surface area contributed by atoms with E-state index in [0.29, 0.717) is 0 Å². The molecule has 0 fully saturated rings. The van der Waals surface area contributed by atoms with Crippen LogP contribution >= 0.6 is 0 Å². The van der Waals surface area contributed by atoms with Gasteiger partial charge in [0.15, 0.2) is 0 Å². The quantitative estimate of drug-likeness (QED) is 0.156. The topological polar surface area (TPSA) is 16.4 Å². The first-order valence-electron chi connectivity index (χ1n) is 21.2. The van der Waals surface area contributed by atoms with Crippen molar-refractivity contribution in [3.63, 3.8) is 0 Å². The Hall–Kier alpha value is -7.68. The van der Waals surface area contributed by atoms with Gasteiger partial charge in [-0.05, 0) is 114 Å². The Kier molecular flexibility index (Phi) is 7.92. The molecule has 61 heavy (non-hydrogen) atoms. The Balaban J connectivity index is 1.17. The molecule has 0 saturated carbocycles. The van der Waals surface area contributed by atoms with E-state index in [-0.39, 0.29) is 5.41 Å². The van der Waals surface area contributed by atoms with Gasteiger partial charge in [-0.2, -0.15) is 0 Å². The first-order valence-corrected chi connectivity index (χ1v) is 21.2. The molecule has 12 rings (SSSR count). The fourth-order valence-corrected chi connectivity index (χ4v) is 10.1. The summed E-state index contributed by atoms with van der Waals surface area (Å²) in [6.45, 7) is 4.72. The minimum atomic E-state index is -0.172. The summed E-state index contributed by atoms with van der Waals surface area (Å²) in [6.07, 6.45) is 0. The molecular formula is C59H41NO. The third-order valence-corrected chi connectivity index (χ3v) is 13.1. The standard InChI is InChI=1S/C59H41NO/c1-59(2)53-24-12-10-21-47(53)48-33-31-42(36-54(48)59)60(43-32-34-50-49-22-11-13-26-56(49)61-57(50)37-43)55-25-14-23-51(46-20-9-8-18-44(46)38-15-4-3-5-16-38)58(55)41-30-29-40-28-27-39-17-6-7-19-45(39)52(40)35-41/h3-37H,1-2H3. The highest BCUT2D eigenvalue weighted by Crippen LogP contribution is 2.53. The van der Waals surface area contributed by atoms with Crippen LogP contribution in [0.2, 0.25) is 0 Å². The molecule has 1 aromatic heterocycles. The zero-order valence-electron chi connectivity index (χ0n) is 34.1. The number of benzene rings is 10. The van der Waals surface area contributed by atoms with Crippen molar-refractivity contribution in [2.24, 2.45) is 0 Å². The SMILES string of the molecule is CC1(C)c2ccccc2-c2ccc(N(c3ccc4c(c3)oc3ccccc34)c3cccc(-c4ccccc4-c4ccccc4)c3-c3ccc4ccc5ccccc5c4c3)cc21. The van der Waals surface area contributed by atoms with Crippen molar-refractivity contribution >= 4 is 60.5 Å². The summed E-state index contributed by atoms with van der Waals surface area (Å²) in [5.74, 6) is 0. The third kappa shape index (κ3) is 5.56. The predicted molar refractivity (Wildman–Crippen MR) is 257 cm³/mol. The van der Waals surface area contributed by atoms with Crippen molar-refractivity contribution in [3.8, 4) is 44.5 Å². The molecule has 0 amide bonds. The molecule has 1 heterocycles. The second kappa shape index (κ2) is 13.7. The van der Waals surface area contributed by atoms with Crippen LogP contribution in [0.25, 0.3) is 88.0 Å². The highest BCUT2D eigenvalue weighted by atomic mass is 16.3. The molecule has 10 aromatic carbocycles. The molecule has 0 saturated heterocycles. The molecule has 11 aromatic rings. The Morgan fingerprint density at radius 1 is 0.361 bits per heavy atom. The lowest BCUT2D eigenvalue weighted by Crippen LogP contribution is -2.17. The second-order valence-electron chi connectivity index (χ2n) is 16.8. The minimum absolute atomic E-state index is 0.172. The van der Waals surface area contributed by atoms with Gasteiger partial charge in [0.2, 0.25) is 0 Å². The van der Waals surface area contributed by atoms with Crippen molar-refractivity contribution in [1.82, 2.24) is 0 Å². The average molecular weight is 780 g/mol. The minimum Gasteiger partial charge on any atom is -0.456 e. The smallest absolute Gasteiger partial charge is 0.137 e. The zero-order chi connectivity index (χ0) is 40.7. The van der Waals surface area contributed by atoms with Crippen LogP contribution in [0.5, 0.6) is 0 Å². The summed E-state index contributed by atoms with van der Waals surface area (Å²) in [6, 6.07) is 77.7. The molecule has 2 heteroatoms. The number of nitrogens with zero attached hydrogens (tertiary/aromatic N) is 1. The number of hydrogen-bond donors (Lipinski definition) is 0. The Morgan fingerprint density at radius 2 is 0.984 bits per heavy atom. The van der Waals surface area contributed by atoms with Crippen molar-refractivity contribution in [2.45, 2.75) is 19.3 Å². The fourth-order valence-electron chi connectivity index (χ4n) is 10.1. The Labute approximate surface area is 355 Å². The van der Waals surface area contributed by atoms with Crippen LogP contribution in [0.3, 0.4) is 0 Å². The summed E-state index contributed by atoms with van der Waals surface area (Å²) in [4.78, 5) is 2.46. The van der Waals surface area contributed by atoms with Gasteiger partial charge in [0.05, 0.1) is 5.69 Å². The number of anilines is 3. The van der Waals surface area contributed by atoms with Crippen LogP contribution in [-0.4, -0.2) is 0 Å². The van der Waals surface area contributed by atoms with Gasteiger partial charge in [-0.1, -0.05) is 178 Å². The zero-order valence-corrected chi connectivity index (χ0v) is 34.1. The van der Waals surface area contributed by atoms with Crippen molar-refractivity contribution in [1.29, 1.82) is 0 Å². The molecule has 0 aliphatic heterocycles. The molecule has 1 aliphatic carbocycles. The van der Waals surface area contributed by atoms with Crippen LogP contribution in [0.15, 0.2) is 217 Å². The fraction of sp³-hybridized carbons (Fsp3) is 0.0508. The molecular weight excluding hydrogens is 739 g/mol. The monoisotopic (exact) mass is 779 g/mol. The molecule has 0 radical (unpaired) electrons. The van der Waals surface area contributed by atoms with Crippen molar-refractivity contribution < 1.29 is 4.42 Å². The molecule has 0 atom stereocenters. The van der Waals surface area contributed by atoms with E-state index in [1.807, 2.05) is 6.07 Å². The van der Waals surface area contributed by atoms with Crippen molar-refractivity contribution in [3.05, 3.63) is 223 Å². The van der Waals surface area contributed by atoms with Crippen LogP contribution in [0.4, 0.5) is 17.1 Å². The van der Waals surface area contributed by atoms with Gasteiger partial charge >= 0.3 is 0 Å². The van der Waals surface area contributed by atoms with Crippen LogP contribution in [0, 0.1) is 0 Å². The van der Waals surface area contributed by atoms with E-state index in [2.05, 4.69) is 225 Å². The molecule has 0 unspecified atom stereocenters. The van der Waals surface area contributed by atoms with Crippen LogP contribution < -0.4 is 4.90 Å². The summed E-state index contributed by atoms with van der Waals surface area (Å²) >= 11 is 0. The van der Waals surface area contributed by atoms with Gasteiger partial charge in [0.25, 0.3) is 0 Å². The molecule has 0 spiro atoms.